The van der Waals surface area contributed by atoms with Crippen molar-refractivity contribution < 1.29 is 5.11 Å². The number of aliphatic hydroxyl groups is 1. The molecule has 0 aliphatic heterocycles. The van der Waals surface area contributed by atoms with E-state index in [9.17, 15) is 4.79 Å². The zero-order chi connectivity index (χ0) is 10.7. The molecule has 0 spiro atoms. The molecule has 0 aromatic carbocycles. The van der Waals surface area contributed by atoms with Gasteiger partial charge in [-0.1, -0.05) is 18.5 Å². The van der Waals surface area contributed by atoms with Crippen LogP contribution < -0.4 is 5.56 Å². The van der Waals surface area contributed by atoms with Crippen LogP contribution in [0.1, 0.15) is 6.92 Å². The minimum absolute atomic E-state index is 0.0163. The maximum absolute atomic E-state index is 11.6. The molecule has 0 saturated carbocycles. The number of hydrogen-bond donors (Lipinski definition) is 1. The van der Waals surface area contributed by atoms with Crippen LogP contribution in [-0.4, -0.2) is 21.3 Å². The Bertz CT molecular complexity index is 380. The highest BCUT2D eigenvalue weighted by molar-refractivity contribution is 9.10. The van der Waals surface area contributed by atoms with E-state index < -0.39 is 0 Å². The summed E-state index contributed by atoms with van der Waals surface area (Å²) in [5.74, 6) is 0.0163. The summed E-state index contributed by atoms with van der Waals surface area (Å²) in [6.07, 6.45) is 1.38. The lowest BCUT2D eigenvalue weighted by atomic mass is 10.2. The molecule has 0 aliphatic rings. The topological polar surface area (TPSA) is 55.1 Å². The monoisotopic (exact) mass is 280 g/mol. The molecule has 1 N–H and O–H groups in total. The quantitative estimate of drug-likeness (QED) is 0.850. The third-order valence-corrected chi connectivity index (χ3v) is 2.99. The molecule has 0 amide bonds. The molecule has 1 aromatic rings. The Kier molecular flexibility index (Phi) is 4.10. The van der Waals surface area contributed by atoms with Gasteiger partial charge in [0, 0.05) is 13.2 Å². The van der Waals surface area contributed by atoms with Gasteiger partial charge in [-0.25, -0.2) is 4.98 Å². The SMILES string of the molecule is CC(CO)Cn1cnc(Cl)c(Br)c1=O. The van der Waals surface area contributed by atoms with E-state index in [0.29, 0.717) is 6.54 Å². The molecule has 1 heterocycles. The number of aromatic nitrogens is 2. The summed E-state index contributed by atoms with van der Waals surface area (Å²) in [5.41, 5.74) is -0.231. The van der Waals surface area contributed by atoms with Crippen LogP contribution in [0, 0.1) is 5.92 Å². The minimum Gasteiger partial charge on any atom is -0.396 e. The van der Waals surface area contributed by atoms with Gasteiger partial charge in [-0.2, -0.15) is 0 Å². The predicted molar refractivity (Wildman–Crippen MR) is 57.5 cm³/mol. The van der Waals surface area contributed by atoms with Crippen molar-refractivity contribution in [2.45, 2.75) is 13.5 Å². The smallest absolute Gasteiger partial charge is 0.269 e. The van der Waals surface area contributed by atoms with Crippen molar-refractivity contribution in [3.63, 3.8) is 0 Å². The normalized spacial score (nSPS) is 12.9. The number of rotatable bonds is 3. The van der Waals surface area contributed by atoms with Gasteiger partial charge in [0.25, 0.3) is 5.56 Å². The van der Waals surface area contributed by atoms with Crippen LogP contribution in [-0.2, 0) is 6.54 Å². The van der Waals surface area contributed by atoms with Crippen molar-refractivity contribution in [1.29, 1.82) is 0 Å². The summed E-state index contributed by atoms with van der Waals surface area (Å²) < 4.78 is 1.67. The fourth-order valence-electron chi connectivity index (χ4n) is 0.967. The van der Waals surface area contributed by atoms with Gasteiger partial charge in [0.05, 0.1) is 6.33 Å². The summed E-state index contributed by atoms with van der Waals surface area (Å²) in [6.45, 7) is 2.31. The molecule has 0 saturated heterocycles. The molecule has 4 nitrogen and oxygen atoms in total. The maximum Gasteiger partial charge on any atom is 0.269 e. The van der Waals surface area contributed by atoms with Crippen LogP contribution in [0.2, 0.25) is 5.15 Å². The lowest BCUT2D eigenvalue weighted by Gasteiger charge is -2.10. The first-order valence-corrected chi connectivity index (χ1v) is 5.24. The van der Waals surface area contributed by atoms with E-state index in [1.807, 2.05) is 6.92 Å². The van der Waals surface area contributed by atoms with Gasteiger partial charge in [-0.05, 0) is 21.8 Å². The Labute approximate surface area is 94.7 Å². The molecular weight excluding hydrogens is 271 g/mol. The van der Waals surface area contributed by atoms with Gasteiger partial charge >= 0.3 is 0 Å². The highest BCUT2D eigenvalue weighted by Gasteiger charge is 2.08. The van der Waals surface area contributed by atoms with Crippen LogP contribution in [0.15, 0.2) is 15.6 Å². The van der Waals surface area contributed by atoms with E-state index >= 15 is 0 Å². The van der Waals surface area contributed by atoms with E-state index in [1.165, 1.54) is 10.9 Å². The minimum atomic E-state index is -0.231. The molecule has 0 aliphatic carbocycles. The lowest BCUT2D eigenvalue weighted by Crippen LogP contribution is -2.25. The van der Waals surface area contributed by atoms with Crippen LogP contribution in [0.25, 0.3) is 0 Å². The van der Waals surface area contributed by atoms with Gasteiger partial charge in [0.15, 0.2) is 5.15 Å². The Morgan fingerprint density at radius 2 is 2.43 bits per heavy atom. The van der Waals surface area contributed by atoms with Crippen LogP contribution >= 0.6 is 27.5 Å². The Morgan fingerprint density at radius 1 is 1.79 bits per heavy atom. The second kappa shape index (κ2) is 4.91. The van der Waals surface area contributed by atoms with Gasteiger partial charge < -0.3 is 5.11 Å². The molecule has 6 heteroatoms. The van der Waals surface area contributed by atoms with Gasteiger partial charge in [0.1, 0.15) is 4.47 Å². The Morgan fingerprint density at radius 3 is 3.00 bits per heavy atom. The summed E-state index contributed by atoms with van der Waals surface area (Å²) >= 11 is 8.69. The van der Waals surface area contributed by atoms with E-state index in [1.54, 1.807) is 0 Å². The van der Waals surface area contributed by atoms with Crippen LogP contribution in [0.3, 0.4) is 0 Å². The standard InChI is InChI=1S/C8H10BrClN2O2/c1-5(3-13)2-12-4-11-7(10)6(9)8(12)14/h4-5,13H,2-3H2,1H3. The summed E-state index contributed by atoms with van der Waals surface area (Å²) in [7, 11) is 0. The molecule has 0 bridgehead atoms. The third-order valence-electron chi connectivity index (χ3n) is 1.76. The number of aliphatic hydroxyl groups excluding tert-OH is 1. The second-order valence-corrected chi connectivity index (χ2v) is 4.25. The molecule has 1 unspecified atom stereocenters. The highest BCUT2D eigenvalue weighted by Crippen LogP contribution is 2.13. The number of nitrogens with zero attached hydrogens (tertiary/aromatic N) is 2. The molecule has 0 radical (unpaired) electrons. The van der Waals surface area contributed by atoms with Gasteiger partial charge in [0.2, 0.25) is 0 Å². The Hall–Kier alpha value is -0.390. The molecule has 1 aromatic heterocycles. The van der Waals surface area contributed by atoms with Crippen LogP contribution in [0.4, 0.5) is 0 Å². The molecule has 14 heavy (non-hydrogen) atoms. The largest absolute Gasteiger partial charge is 0.396 e. The van der Waals surface area contributed by atoms with E-state index in [0.717, 1.165) is 0 Å². The fraction of sp³-hybridized carbons (Fsp3) is 0.500. The zero-order valence-electron chi connectivity index (χ0n) is 7.57. The van der Waals surface area contributed by atoms with Crippen molar-refractivity contribution in [2.24, 2.45) is 5.92 Å². The lowest BCUT2D eigenvalue weighted by molar-refractivity contribution is 0.221. The molecule has 1 rings (SSSR count). The first-order valence-electron chi connectivity index (χ1n) is 4.07. The first kappa shape index (κ1) is 11.7. The summed E-state index contributed by atoms with van der Waals surface area (Å²) in [4.78, 5) is 15.4. The molecule has 1 atom stereocenters. The highest BCUT2D eigenvalue weighted by atomic mass is 79.9. The number of halogens is 2. The summed E-state index contributed by atoms with van der Waals surface area (Å²) in [6, 6.07) is 0. The predicted octanol–water partition coefficient (Wildman–Crippen LogP) is 1.29. The average molecular weight is 282 g/mol. The van der Waals surface area contributed by atoms with E-state index in [2.05, 4.69) is 20.9 Å². The van der Waals surface area contributed by atoms with Gasteiger partial charge in [-0.15, -0.1) is 0 Å². The Balaban J connectivity index is 3.00. The molecule has 78 valence electrons. The van der Waals surface area contributed by atoms with E-state index in [4.69, 9.17) is 16.7 Å². The number of hydrogen-bond acceptors (Lipinski definition) is 3. The molecule has 0 fully saturated rings. The zero-order valence-corrected chi connectivity index (χ0v) is 9.92. The first-order chi connectivity index (χ1) is 6.56. The second-order valence-electron chi connectivity index (χ2n) is 3.09. The van der Waals surface area contributed by atoms with Crippen molar-refractivity contribution in [3.05, 3.63) is 26.3 Å². The van der Waals surface area contributed by atoms with Crippen LogP contribution in [0.5, 0.6) is 0 Å². The van der Waals surface area contributed by atoms with Crippen molar-refractivity contribution in [3.8, 4) is 0 Å². The van der Waals surface area contributed by atoms with Crippen molar-refractivity contribution in [2.75, 3.05) is 6.61 Å². The summed E-state index contributed by atoms with van der Waals surface area (Å²) in [5, 5.41) is 8.99. The van der Waals surface area contributed by atoms with Crippen molar-refractivity contribution in [1.82, 2.24) is 9.55 Å². The fourth-order valence-corrected chi connectivity index (χ4v) is 1.42. The molecular formula is C8H10BrClN2O2. The van der Waals surface area contributed by atoms with Crippen molar-refractivity contribution >= 4 is 27.5 Å². The average Bonchev–Trinajstić information content (AvgIpc) is 2.19. The maximum atomic E-state index is 11.6. The van der Waals surface area contributed by atoms with Gasteiger partial charge in [-0.3, -0.25) is 9.36 Å². The third kappa shape index (κ3) is 2.56. The van der Waals surface area contributed by atoms with E-state index in [-0.39, 0.29) is 27.7 Å².